The minimum absolute atomic E-state index is 0.0382. The van der Waals surface area contributed by atoms with Crippen LogP contribution in [0.5, 0.6) is 0 Å². The molecule has 0 amide bonds. The smallest absolute Gasteiger partial charge is 0.266 e. The Bertz CT molecular complexity index is 1640. The molecule has 1 atom stereocenters. The minimum Gasteiger partial charge on any atom is -0.376 e. The molecule has 0 saturated carbocycles. The van der Waals surface area contributed by atoms with Gasteiger partial charge in [0, 0.05) is 24.8 Å². The van der Waals surface area contributed by atoms with Crippen molar-refractivity contribution < 1.29 is 4.74 Å². The molecule has 35 heavy (non-hydrogen) atoms. The van der Waals surface area contributed by atoms with E-state index in [0.717, 1.165) is 30.8 Å². The summed E-state index contributed by atoms with van der Waals surface area (Å²) in [6, 6.07) is 15.2. The van der Waals surface area contributed by atoms with Crippen molar-refractivity contribution in [2.24, 2.45) is 0 Å². The lowest BCUT2D eigenvalue weighted by molar-refractivity contribution is 0.0963. The maximum absolute atomic E-state index is 13.3. The molecule has 0 bridgehead atoms. The van der Waals surface area contributed by atoms with Gasteiger partial charge in [0.15, 0.2) is 0 Å². The first-order chi connectivity index (χ1) is 17.2. The van der Waals surface area contributed by atoms with Gasteiger partial charge < -0.3 is 9.30 Å². The largest absolute Gasteiger partial charge is 0.376 e. The number of thioether (sulfide) groups is 1. The van der Waals surface area contributed by atoms with E-state index in [2.05, 4.69) is 20.2 Å². The highest BCUT2D eigenvalue weighted by molar-refractivity contribution is 7.98. The molecule has 0 aliphatic carbocycles. The number of ether oxygens (including phenoxy) is 1. The number of H-pyrrole nitrogens is 1. The quantitative estimate of drug-likeness (QED) is 0.290. The van der Waals surface area contributed by atoms with Crippen LogP contribution in [0.4, 0.5) is 0 Å². The Morgan fingerprint density at radius 2 is 1.80 bits per heavy atom. The van der Waals surface area contributed by atoms with Gasteiger partial charge in [0.1, 0.15) is 0 Å². The first kappa shape index (κ1) is 21.8. The Morgan fingerprint density at radius 3 is 2.60 bits per heavy atom. The molecule has 1 aliphatic heterocycles. The molecular formula is C25H22N6O3S. The number of fused-ring (bicyclic) bond motifs is 2. The fourth-order valence-corrected chi connectivity index (χ4v) is 5.07. The topological polar surface area (TPSA) is 108 Å². The van der Waals surface area contributed by atoms with Crippen LogP contribution in [0, 0.1) is 0 Å². The third-order valence-electron chi connectivity index (χ3n) is 6.13. The highest BCUT2D eigenvalue weighted by Gasteiger charge is 2.18. The number of nitrogens with zero attached hydrogens (tertiary/aromatic N) is 5. The molecule has 5 aromatic rings. The highest BCUT2D eigenvalue weighted by Crippen LogP contribution is 2.20. The fraction of sp³-hybridized carbons (Fsp3) is 0.240. The first-order valence-electron chi connectivity index (χ1n) is 11.4. The number of aromatic amines is 1. The summed E-state index contributed by atoms with van der Waals surface area (Å²) in [5, 5.41) is 8.38. The minimum atomic E-state index is -0.318. The SMILES string of the molecule is O=c1c2cc3c(=O)n(-c4nc(SCc5ccccc5)n[nH]4)ccc3nc2ccn1C[C@H]1CCCO1. The third kappa shape index (κ3) is 4.26. The maximum Gasteiger partial charge on any atom is 0.266 e. The van der Waals surface area contributed by atoms with Gasteiger partial charge in [-0.2, -0.15) is 4.98 Å². The van der Waals surface area contributed by atoms with Crippen molar-refractivity contribution >= 4 is 33.6 Å². The molecule has 1 fully saturated rings. The lowest BCUT2D eigenvalue weighted by atomic mass is 10.2. The zero-order valence-electron chi connectivity index (χ0n) is 18.8. The van der Waals surface area contributed by atoms with Crippen LogP contribution in [0.25, 0.3) is 27.8 Å². The molecule has 0 radical (unpaired) electrons. The van der Waals surface area contributed by atoms with Gasteiger partial charge in [-0.05, 0) is 36.6 Å². The van der Waals surface area contributed by atoms with E-state index in [0.29, 0.717) is 39.5 Å². The number of benzene rings is 1. The van der Waals surface area contributed by atoms with Crippen LogP contribution >= 0.6 is 11.8 Å². The zero-order chi connectivity index (χ0) is 23.8. The molecule has 176 valence electrons. The molecule has 0 spiro atoms. The van der Waals surface area contributed by atoms with E-state index >= 15 is 0 Å². The number of pyridine rings is 3. The Morgan fingerprint density at radius 1 is 1.00 bits per heavy atom. The van der Waals surface area contributed by atoms with Crippen LogP contribution < -0.4 is 11.1 Å². The molecular weight excluding hydrogens is 464 g/mol. The number of aromatic nitrogens is 6. The standard InChI is InChI=1S/C25H22N6O3S/c32-22-18-13-19-21(26-20(18)8-10-30(22)14-17-7-4-12-34-17)9-11-31(23(19)33)24-27-25(29-28-24)35-15-16-5-2-1-3-6-16/h1-3,5-6,8-11,13,17H,4,7,12,14-15H2,(H,27,28,29)/t17-/m1/s1. The zero-order valence-corrected chi connectivity index (χ0v) is 19.6. The second-order valence-corrected chi connectivity index (χ2v) is 9.41. The summed E-state index contributed by atoms with van der Waals surface area (Å²) in [5.74, 6) is 1.04. The third-order valence-corrected chi connectivity index (χ3v) is 7.05. The number of hydrogen-bond acceptors (Lipinski definition) is 7. The van der Waals surface area contributed by atoms with E-state index in [1.54, 1.807) is 29.1 Å². The van der Waals surface area contributed by atoms with Crippen molar-refractivity contribution in [1.82, 2.24) is 29.3 Å². The summed E-state index contributed by atoms with van der Waals surface area (Å²) in [6.45, 7) is 1.22. The molecule has 5 heterocycles. The summed E-state index contributed by atoms with van der Waals surface area (Å²) in [6.07, 6.45) is 5.35. The van der Waals surface area contributed by atoms with E-state index in [4.69, 9.17) is 4.74 Å². The molecule has 10 heteroatoms. The van der Waals surface area contributed by atoms with Crippen molar-refractivity contribution in [1.29, 1.82) is 0 Å². The predicted octanol–water partition coefficient (Wildman–Crippen LogP) is 3.29. The van der Waals surface area contributed by atoms with E-state index in [-0.39, 0.29) is 17.2 Å². The van der Waals surface area contributed by atoms with Gasteiger partial charge in [-0.3, -0.25) is 14.2 Å². The van der Waals surface area contributed by atoms with Crippen molar-refractivity contribution in [3.8, 4) is 5.95 Å². The van der Waals surface area contributed by atoms with Gasteiger partial charge >= 0.3 is 0 Å². The fourth-order valence-electron chi connectivity index (χ4n) is 4.32. The molecule has 1 N–H and O–H groups in total. The number of rotatable bonds is 6. The summed E-state index contributed by atoms with van der Waals surface area (Å²) in [4.78, 5) is 35.5. The van der Waals surface area contributed by atoms with Crippen molar-refractivity contribution in [3.63, 3.8) is 0 Å². The molecule has 1 aliphatic rings. The van der Waals surface area contributed by atoms with E-state index in [9.17, 15) is 9.59 Å². The van der Waals surface area contributed by atoms with Crippen LogP contribution in [0.3, 0.4) is 0 Å². The number of hydrogen-bond donors (Lipinski definition) is 1. The van der Waals surface area contributed by atoms with Crippen LogP contribution in [0.1, 0.15) is 18.4 Å². The molecule has 6 rings (SSSR count). The molecule has 9 nitrogen and oxygen atoms in total. The average Bonchev–Trinajstić information content (AvgIpc) is 3.57. The van der Waals surface area contributed by atoms with Crippen molar-refractivity contribution in [2.45, 2.75) is 36.4 Å². The van der Waals surface area contributed by atoms with Gasteiger partial charge in [-0.25, -0.2) is 10.1 Å². The summed E-state index contributed by atoms with van der Waals surface area (Å²) in [7, 11) is 0. The Balaban J connectivity index is 1.34. The van der Waals surface area contributed by atoms with Crippen LogP contribution in [-0.4, -0.2) is 42.0 Å². The second kappa shape index (κ2) is 9.12. The summed E-state index contributed by atoms with van der Waals surface area (Å²) in [5.41, 5.74) is 1.74. The Hall–Kier alpha value is -3.76. The maximum atomic E-state index is 13.3. The monoisotopic (exact) mass is 486 g/mol. The van der Waals surface area contributed by atoms with Gasteiger partial charge in [0.25, 0.3) is 11.1 Å². The second-order valence-electron chi connectivity index (χ2n) is 8.47. The van der Waals surface area contributed by atoms with E-state index < -0.39 is 0 Å². The average molecular weight is 487 g/mol. The Kier molecular flexibility index (Phi) is 5.67. The van der Waals surface area contributed by atoms with Crippen LogP contribution in [0.2, 0.25) is 0 Å². The van der Waals surface area contributed by atoms with Crippen LogP contribution in [0.15, 0.2) is 75.7 Å². The van der Waals surface area contributed by atoms with Crippen molar-refractivity contribution in [3.05, 3.63) is 87.2 Å². The predicted molar refractivity (Wildman–Crippen MR) is 134 cm³/mol. The van der Waals surface area contributed by atoms with Gasteiger partial charge in [-0.1, -0.05) is 42.1 Å². The van der Waals surface area contributed by atoms with E-state index in [1.807, 2.05) is 36.4 Å². The van der Waals surface area contributed by atoms with Gasteiger partial charge in [0.05, 0.1) is 34.5 Å². The summed E-state index contributed by atoms with van der Waals surface area (Å²) < 4.78 is 8.71. The van der Waals surface area contributed by atoms with Crippen LogP contribution in [-0.2, 0) is 17.0 Å². The normalized spacial score (nSPS) is 15.8. The Labute approximate surface area is 203 Å². The first-order valence-corrected chi connectivity index (χ1v) is 12.4. The van der Waals surface area contributed by atoms with E-state index in [1.165, 1.54) is 16.3 Å². The van der Waals surface area contributed by atoms with Gasteiger partial charge in [-0.15, -0.1) is 5.10 Å². The highest BCUT2D eigenvalue weighted by atomic mass is 32.2. The molecule has 1 saturated heterocycles. The molecule has 0 unspecified atom stereocenters. The number of nitrogens with one attached hydrogen (secondary N) is 1. The molecule has 1 aromatic carbocycles. The molecule has 4 aromatic heterocycles. The lowest BCUT2D eigenvalue weighted by Gasteiger charge is -2.12. The van der Waals surface area contributed by atoms with Gasteiger partial charge in [0.2, 0.25) is 11.1 Å². The summed E-state index contributed by atoms with van der Waals surface area (Å²) >= 11 is 1.48. The van der Waals surface area contributed by atoms with Crippen molar-refractivity contribution in [2.75, 3.05) is 6.61 Å². The lowest BCUT2D eigenvalue weighted by Crippen LogP contribution is -2.26.